The van der Waals surface area contributed by atoms with Gasteiger partial charge in [-0.3, -0.25) is 5.32 Å². The number of terminal acetylenes is 1. The van der Waals surface area contributed by atoms with Crippen LogP contribution in [0.15, 0.2) is 5.38 Å². The van der Waals surface area contributed by atoms with E-state index in [1.165, 1.54) is 0 Å². The van der Waals surface area contributed by atoms with Crippen LogP contribution >= 0.6 is 11.3 Å². The third kappa shape index (κ3) is 3.06. The minimum absolute atomic E-state index is 0.0229. The zero-order valence-electron chi connectivity index (χ0n) is 9.74. The van der Waals surface area contributed by atoms with Crippen LogP contribution < -0.4 is 5.32 Å². The topological polar surface area (TPSA) is 48.7 Å². The van der Waals surface area contributed by atoms with Crippen LogP contribution in [-0.2, 0) is 5.41 Å². The molecule has 0 fully saturated rings. The lowest BCUT2D eigenvalue weighted by atomic mass is 9.98. The molecular weight excluding hydrogens is 218 g/mol. The fraction of sp³-hybridized carbons (Fsp3) is 0.500. The molecule has 0 aromatic carbocycles. The first-order valence-electron chi connectivity index (χ1n) is 5.01. The monoisotopic (exact) mass is 233 g/mol. The van der Waals surface area contributed by atoms with Crippen molar-refractivity contribution in [2.75, 3.05) is 6.54 Å². The number of aromatic nitrogens is 1. The molecule has 4 heteroatoms. The van der Waals surface area contributed by atoms with Gasteiger partial charge in [0.2, 0.25) is 0 Å². The second kappa shape index (κ2) is 5.12. The summed E-state index contributed by atoms with van der Waals surface area (Å²) in [6.45, 7) is 6.68. The Balaban J connectivity index is 2.85. The van der Waals surface area contributed by atoms with Gasteiger partial charge in [-0.1, -0.05) is 26.7 Å². The van der Waals surface area contributed by atoms with E-state index in [-0.39, 0.29) is 5.41 Å². The second-order valence-electron chi connectivity index (χ2n) is 4.47. The standard InChI is InChI=1S/C12H15N3S/c1-5-6-14-9(7-13)10-8-16-11(15-10)12(2,3)4/h1,8-9,14H,6H2,2-4H3. The van der Waals surface area contributed by atoms with Gasteiger partial charge in [-0.15, -0.1) is 17.8 Å². The third-order valence-electron chi connectivity index (χ3n) is 2.00. The van der Waals surface area contributed by atoms with E-state index in [1.807, 2.05) is 5.38 Å². The van der Waals surface area contributed by atoms with Crippen LogP contribution in [0.5, 0.6) is 0 Å². The summed E-state index contributed by atoms with van der Waals surface area (Å²) in [5.74, 6) is 2.45. The Labute approximate surface area is 101 Å². The van der Waals surface area contributed by atoms with Gasteiger partial charge in [0, 0.05) is 10.8 Å². The molecule has 84 valence electrons. The van der Waals surface area contributed by atoms with Gasteiger partial charge >= 0.3 is 0 Å². The van der Waals surface area contributed by atoms with Crippen molar-refractivity contribution < 1.29 is 0 Å². The number of thiazole rings is 1. The number of nitrogens with one attached hydrogen (secondary N) is 1. The molecule has 0 bridgehead atoms. The van der Waals surface area contributed by atoms with Gasteiger partial charge in [0.1, 0.15) is 6.04 Å². The van der Waals surface area contributed by atoms with Crippen molar-refractivity contribution >= 4 is 11.3 Å². The average molecular weight is 233 g/mol. The summed E-state index contributed by atoms with van der Waals surface area (Å²) in [4.78, 5) is 4.47. The zero-order chi connectivity index (χ0) is 12.2. The SMILES string of the molecule is C#CCNC(C#N)c1csc(C(C)(C)C)n1. The van der Waals surface area contributed by atoms with Crippen LogP contribution in [0.2, 0.25) is 0 Å². The van der Waals surface area contributed by atoms with Crippen LogP contribution in [0.3, 0.4) is 0 Å². The van der Waals surface area contributed by atoms with Crippen LogP contribution in [0.25, 0.3) is 0 Å². The Bertz CT molecular complexity index is 428. The molecule has 16 heavy (non-hydrogen) atoms. The lowest BCUT2D eigenvalue weighted by Crippen LogP contribution is -2.21. The summed E-state index contributed by atoms with van der Waals surface area (Å²) >= 11 is 1.58. The molecule has 1 aromatic heterocycles. The van der Waals surface area contributed by atoms with Gasteiger partial charge in [-0.2, -0.15) is 5.26 Å². The molecule has 0 saturated heterocycles. The average Bonchev–Trinajstić information content (AvgIpc) is 2.68. The van der Waals surface area contributed by atoms with Crippen molar-refractivity contribution in [3.8, 4) is 18.4 Å². The maximum atomic E-state index is 9.00. The van der Waals surface area contributed by atoms with Crippen molar-refractivity contribution in [3.63, 3.8) is 0 Å². The van der Waals surface area contributed by atoms with Gasteiger partial charge < -0.3 is 0 Å². The van der Waals surface area contributed by atoms with Crippen molar-refractivity contribution in [1.29, 1.82) is 5.26 Å². The summed E-state index contributed by atoms with van der Waals surface area (Å²) in [7, 11) is 0. The Morgan fingerprint density at radius 2 is 2.31 bits per heavy atom. The Morgan fingerprint density at radius 1 is 1.62 bits per heavy atom. The summed E-state index contributed by atoms with van der Waals surface area (Å²) in [6.07, 6.45) is 5.14. The normalized spacial score (nSPS) is 12.8. The van der Waals surface area contributed by atoms with Crippen molar-refractivity contribution in [2.24, 2.45) is 0 Å². The van der Waals surface area contributed by atoms with Crippen LogP contribution in [-0.4, -0.2) is 11.5 Å². The first kappa shape index (κ1) is 12.7. The fourth-order valence-corrected chi connectivity index (χ4v) is 2.07. The first-order valence-corrected chi connectivity index (χ1v) is 5.89. The molecule has 1 rings (SSSR count). The molecule has 1 N–H and O–H groups in total. The van der Waals surface area contributed by atoms with Gasteiger partial charge in [0.15, 0.2) is 0 Å². The number of nitriles is 1. The highest BCUT2D eigenvalue weighted by molar-refractivity contribution is 7.09. The molecule has 0 saturated carbocycles. The molecule has 3 nitrogen and oxygen atoms in total. The lowest BCUT2D eigenvalue weighted by molar-refractivity contribution is 0.577. The van der Waals surface area contributed by atoms with Gasteiger partial charge in [0.25, 0.3) is 0 Å². The highest BCUT2D eigenvalue weighted by atomic mass is 32.1. The summed E-state index contributed by atoms with van der Waals surface area (Å²) in [5, 5.41) is 14.9. The first-order chi connectivity index (χ1) is 7.49. The van der Waals surface area contributed by atoms with E-state index < -0.39 is 6.04 Å². The summed E-state index contributed by atoms with van der Waals surface area (Å²) in [6, 6.07) is 1.74. The number of nitrogens with zero attached hydrogens (tertiary/aromatic N) is 2. The fourth-order valence-electron chi connectivity index (χ4n) is 1.14. The molecule has 0 spiro atoms. The smallest absolute Gasteiger partial charge is 0.140 e. The number of hydrogen-bond donors (Lipinski definition) is 1. The molecule has 1 heterocycles. The molecule has 1 atom stereocenters. The minimum Gasteiger partial charge on any atom is -0.286 e. The highest BCUT2D eigenvalue weighted by Crippen LogP contribution is 2.27. The van der Waals surface area contributed by atoms with E-state index in [9.17, 15) is 0 Å². The Kier molecular flexibility index (Phi) is 4.06. The summed E-state index contributed by atoms with van der Waals surface area (Å²) in [5.41, 5.74) is 0.780. The largest absolute Gasteiger partial charge is 0.286 e. The zero-order valence-corrected chi connectivity index (χ0v) is 10.6. The maximum Gasteiger partial charge on any atom is 0.140 e. The molecule has 0 aliphatic heterocycles. The third-order valence-corrected chi connectivity index (χ3v) is 3.28. The predicted molar refractivity (Wildman–Crippen MR) is 66.0 cm³/mol. The highest BCUT2D eigenvalue weighted by Gasteiger charge is 2.20. The van der Waals surface area contributed by atoms with E-state index in [2.05, 4.69) is 43.1 Å². The molecule has 1 unspecified atom stereocenters. The lowest BCUT2D eigenvalue weighted by Gasteiger charge is -2.14. The van der Waals surface area contributed by atoms with E-state index >= 15 is 0 Å². The molecule has 0 aliphatic rings. The van der Waals surface area contributed by atoms with E-state index in [1.54, 1.807) is 11.3 Å². The van der Waals surface area contributed by atoms with Crippen LogP contribution in [0, 0.1) is 23.7 Å². The van der Waals surface area contributed by atoms with Gasteiger partial charge in [0.05, 0.1) is 23.3 Å². The van der Waals surface area contributed by atoms with Gasteiger partial charge in [-0.25, -0.2) is 4.98 Å². The molecule has 0 amide bonds. The molecule has 0 aliphatic carbocycles. The Hall–Kier alpha value is -1.36. The predicted octanol–water partition coefficient (Wildman–Crippen LogP) is 2.23. The van der Waals surface area contributed by atoms with E-state index in [0.717, 1.165) is 10.7 Å². The minimum atomic E-state index is -0.414. The maximum absolute atomic E-state index is 9.00. The van der Waals surface area contributed by atoms with Gasteiger partial charge in [-0.05, 0) is 0 Å². The van der Waals surface area contributed by atoms with E-state index in [4.69, 9.17) is 11.7 Å². The Morgan fingerprint density at radius 3 is 2.75 bits per heavy atom. The number of hydrogen-bond acceptors (Lipinski definition) is 4. The summed E-state index contributed by atoms with van der Waals surface area (Å²) < 4.78 is 0. The van der Waals surface area contributed by atoms with Crippen molar-refractivity contribution in [2.45, 2.75) is 32.2 Å². The van der Waals surface area contributed by atoms with E-state index in [0.29, 0.717) is 6.54 Å². The second-order valence-corrected chi connectivity index (χ2v) is 5.33. The van der Waals surface area contributed by atoms with Crippen LogP contribution in [0.4, 0.5) is 0 Å². The quantitative estimate of drug-likeness (QED) is 0.814. The number of rotatable bonds is 3. The van der Waals surface area contributed by atoms with Crippen molar-refractivity contribution in [3.05, 3.63) is 16.1 Å². The molecule has 0 radical (unpaired) electrons. The molecular formula is C12H15N3S. The molecule has 1 aromatic rings. The van der Waals surface area contributed by atoms with Crippen LogP contribution in [0.1, 0.15) is 37.5 Å². The van der Waals surface area contributed by atoms with Crippen molar-refractivity contribution in [1.82, 2.24) is 10.3 Å².